The quantitative estimate of drug-likeness (QED) is 0.873. The Hall–Kier alpha value is -3.15. The van der Waals surface area contributed by atoms with Gasteiger partial charge in [-0.2, -0.15) is 0 Å². The molecule has 1 saturated heterocycles. The lowest BCUT2D eigenvalue weighted by molar-refractivity contribution is -0.122. The van der Waals surface area contributed by atoms with Crippen LogP contribution in [0, 0.1) is 19.8 Å². The fourth-order valence-corrected chi connectivity index (χ4v) is 3.45. The number of carbonyl (C=O) groups excluding carboxylic acids is 3. The molecule has 1 unspecified atom stereocenters. The average Bonchev–Trinajstić information content (AvgIpc) is 2.96. The minimum absolute atomic E-state index is 0.0421. The summed E-state index contributed by atoms with van der Waals surface area (Å²) >= 11 is 0. The minimum atomic E-state index is -0.416. The van der Waals surface area contributed by atoms with Crippen LogP contribution in [0.25, 0.3) is 0 Å². The minimum Gasteiger partial charge on any atom is -0.326 e. The number of rotatable bonds is 4. The molecule has 27 heavy (non-hydrogen) atoms. The number of hydrogen-bond donors (Lipinski definition) is 2. The fourth-order valence-electron chi connectivity index (χ4n) is 3.45. The first-order chi connectivity index (χ1) is 12.8. The molecule has 140 valence electrons. The van der Waals surface area contributed by atoms with E-state index in [1.807, 2.05) is 32.0 Å². The standard InChI is InChI=1S/C21H23N3O3/c1-13-6-4-7-14(2)20(13)24-12-16(10-19(24)26)21(27)23-18-9-5-8-17(11-18)22-15(3)25/h4-9,11,16H,10,12H2,1-3H3,(H,22,25)(H,23,27). The molecule has 3 amide bonds. The lowest BCUT2D eigenvalue weighted by Gasteiger charge is -2.21. The molecule has 0 bridgehead atoms. The van der Waals surface area contributed by atoms with E-state index in [4.69, 9.17) is 0 Å². The van der Waals surface area contributed by atoms with Gasteiger partial charge in [0, 0.05) is 37.0 Å². The Morgan fingerprint density at radius 3 is 2.22 bits per heavy atom. The van der Waals surface area contributed by atoms with Crippen molar-refractivity contribution in [3.05, 3.63) is 53.6 Å². The number of para-hydroxylation sites is 1. The van der Waals surface area contributed by atoms with E-state index < -0.39 is 5.92 Å². The molecular formula is C21H23N3O3. The van der Waals surface area contributed by atoms with E-state index in [-0.39, 0.29) is 24.1 Å². The molecule has 1 heterocycles. The summed E-state index contributed by atoms with van der Waals surface area (Å²) < 4.78 is 0. The van der Waals surface area contributed by atoms with Gasteiger partial charge in [-0.15, -0.1) is 0 Å². The van der Waals surface area contributed by atoms with Crippen molar-refractivity contribution < 1.29 is 14.4 Å². The number of aryl methyl sites for hydroxylation is 2. The second-order valence-electron chi connectivity index (χ2n) is 6.90. The van der Waals surface area contributed by atoms with Crippen LogP contribution in [0.15, 0.2) is 42.5 Å². The third-order valence-electron chi connectivity index (χ3n) is 4.66. The summed E-state index contributed by atoms with van der Waals surface area (Å²) in [7, 11) is 0. The van der Waals surface area contributed by atoms with Crippen LogP contribution in [0.5, 0.6) is 0 Å². The third-order valence-corrected chi connectivity index (χ3v) is 4.66. The van der Waals surface area contributed by atoms with E-state index in [0.29, 0.717) is 17.9 Å². The van der Waals surface area contributed by atoms with Gasteiger partial charge in [-0.1, -0.05) is 24.3 Å². The molecule has 0 saturated carbocycles. The van der Waals surface area contributed by atoms with Crippen LogP contribution in [0.3, 0.4) is 0 Å². The largest absolute Gasteiger partial charge is 0.326 e. The van der Waals surface area contributed by atoms with Gasteiger partial charge >= 0.3 is 0 Å². The van der Waals surface area contributed by atoms with E-state index >= 15 is 0 Å². The molecule has 1 atom stereocenters. The lowest BCUT2D eigenvalue weighted by atomic mass is 10.1. The first kappa shape index (κ1) is 18.6. The summed E-state index contributed by atoms with van der Waals surface area (Å²) in [5.41, 5.74) is 4.13. The number of hydrogen-bond acceptors (Lipinski definition) is 3. The number of nitrogens with one attached hydrogen (secondary N) is 2. The van der Waals surface area contributed by atoms with Crippen molar-refractivity contribution in [3.8, 4) is 0 Å². The molecule has 6 nitrogen and oxygen atoms in total. The molecule has 0 aromatic heterocycles. The number of nitrogens with zero attached hydrogens (tertiary/aromatic N) is 1. The van der Waals surface area contributed by atoms with E-state index in [9.17, 15) is 14.4 Å². The van der Waals surface area contributed by atoms with E-state index in [0.717, 1.165) is 16.8 Å². The Balaban J connectivity index is 1.72. The van der Waals surface area contributed by atoms with Gasteiger partial charge in [-0.25, -0.2) is 0 Å². The molecule has 2 aromatic rings. The lowest BCUT2D eigenvalue weighted by Crippen LogP contribution is -2.29. The van der Waals surface area contributed by atoms with Crippen molar-refractivity contribution in [2.75, 3.05) is 22.1 Å². The molecule has 0 aliphatic carbocycles. The fraction of sp³-hybridized carbons (Fsp3) is 0.286. The first-order valence-electron chi connectivity index (χ1n) is 8.90. The Morgan fingerprint density at radius 2 is 1.59 bits per heavy atom. The predicted octanol–water partition coefficient (Wildman–Crippen LogP) is 3.25. The topological polar surface area (TPSA) is 78.5 Å². The van der Waals surface area contributed by atoms with E-state index in [1.165, 1.54) is 6.92 Å². The molecule has 6 heteroatoms. The number of carbonyl (C=O) groups is 3. The highest BCUT2D eigenvalue weighted by atomic mass is 16.2. The van der Waals surface area contributed by atoms with Gasteiger partial charge in [-0.3, -0.25) is 14.4 Å². The summed E-state index contributed by atoms with van der Waals surface area (Å²) in [6.07, 6.45) is 0.186. The zero-order valence-electron chi connectivity index (χ0n) is 15.7. The Labute approximate surface area is 158 Å². The van der Waals surface area contributed by atoms with Crippen molar-refractivity contribution in [2.45, 2.75) is 27.2 Å². The second-order valence-corrected chi connectivity index (χ2v) is 6.90. The number of amides is 3. The third kappa shape index (κ3) is 4.16. The highest BCUT2D eigenvalue weighted by Crippen LogP contribution is 2.31. The monoisotopic (exact) mass is 365 g/mol. The molecule has 1 fully saturated rings. The van der Waals surface area contributed by atoms with Crippen LogP contribution < -0.4 is 15.5 Å². The van der Waals surface area contributed by atoms with Crippen LogP contribution in [0.1, 0.15) is 24.5 Å². The van der Waals surface area contributed by atoms with Crippen LogP contribution in [0.2, 0.25) is 0 Å². The van der Waals surface area contributed by atoms with Gasteiger partial charge in [0.2, 0.25) is 17.7 Å². The molecule has 1 aliphatic heterocycles. The van der Waals surface area contributed by atoms with Crippen molar-refractivity contribution in [3.63, 3.8) is 0 Å². The van der Waals surface area contributed by atoms with Gasteiger partial charge in [0.1, 0.15) is 0 Å². The highest BCUT2D eigenvalue weighted by molar-refractivity contribution is 6.04. The number of anilines is 3. The molecule has 0 radical (unpaired) electrons. The second kappa shape index (κ2) is 7.61. The van der Waals surface area contributed by atoms with Crippen molar-refractivity contribution in [2.24, 2.45) is 5.92 Å². The van der Waals surface area contributed by atoms with Crippen LogP contribution in [-0.4, -0.2) is 24.3 Å². The zero-order chi connectivity index (χ0) is 19.6. The Bertz CT molecular complexity index is 887. The summed E-state index contributed by atoms with van der Waals surface area (Å²) in [5, 5.41) is 5.53. The van der Waals surface area contributed by atoms with Gasteiger partial charge in [0.15, 0.2) is 0 Å². The zero-order valence-corrected chi connectivity index (χ0v) is 15.7. The summed E-state index contributed by atoms with van der Waals surface area (Å²) in [6, 6.07) is 12.8. The van der Waals surface area contributed by atoms with Gasteiger partial charge in [0.25, 0.3) is 0 Å². The van der Waals surface area contributed by atoms with Crippen LogP contribution >= 0.6 is 0 Å². The summed E-state index contributed by atoms with van der Waals surface area (Å²) in [5.74, 6) is -0.832. The van der Waals surface area contributed by atoms with E-state index in [2.05, 4.69) is 10.6 Å². The summed E-state index contributed by atoms with van der Waals surface area (Å²) in [6.45, 7) is 5.73. The molecule has 2 aromatic carbocycles. The maximum absolute atomic E-state index is 12.7. The van der Waals surface area contributed by atoms with Crippen LogP contribution in [0.4, 0.5) is 17.1 Å². The molecule has 1 aliphatic rings. The molecule has 2 N–H and O–H groups in total. The maximum atomic E-state index is 12.7. The molecule has 3 rings (SSSR count). The van der Waals surface area contributed by atoms with E-state index in [1.54, 1.807) is 29.2 Å². The average molecular weight is 365 g/mol. The van der Waals surface area contributed by atoms with Crippen LogP contribution in [-0.2, 0) is 14.4 Å². The van der Waals surface area contributed by atoms with Crippen molar-refractivity contribution in [1.82, 2.24) is 0 Å². The SMILES string of the molecule is CC(=O)Nc1cccc(NC(=O)C2CC(=O)N(c3c(C)cccc3C)C2)c1. The number of benzene rings is 2. The van der Waals surface area contributed by atoms with Gasteiger partial charge in [-0.05, 0) is 43.2 Å². The van der Waals surface area contributed by atoms with Gasteiger partial charge in [0.05, 0.1) is 5.92 Å². The summed E-state index contributed by atoms with van der Waals surface area (Å²) in [4.78, 5) is 38.1. The van der Waals surface area contributed by atoms with Gasteiger partial charge < -0.3 is 15.5 Å². The normalized spacial score (nSPS) is 16.3. The Morgan fingerprint density at radius 1 is 1.00 bits per heavy atom. The van der Waals surface area contributed by atoms with Crippen molar-refractivity contribution in [1.29, 1.82) is 0 Å². The molecule has 0 spiro atoms. The molecular weight excluding hydrogens is 342 g/mol. The maximum Gasteiger partial charge on any atom is 0.229 e. The Kier molecular flexibility index (Phi) is 5.26. The first-order valence-corrected chi connectivity index (χ1v) is 8.90. The smallest absolute Gasteiger partial charge is 0.229 e. The van der Waals surface area contributed by atoms with Crippen molar-refractivity contribution >= 4 is 34.8 Å². The highest BCUT2D eigenvalue weighted by Gasteiger charge is 2.36. The predicted molar refractivity (Wildman–Crippen MR) is 106 cm³/mol.